The van der Waals surface area contributed by atoms with Crippen LogP contribution in [0.5, 0.6) is 0 Å². The monoisotopic (exact) mass is 292 g/mol. The molecule has 1 heterocycles. The molecule has 0 bridgehead atoms. The van der Waals surface area contributed by atoms with Crippen LogP contribution in [0.3, 0.4) is 0 Å². The highest BCUT2D eigenvalue weighted by molar-refractivity contribution is 7.89. The second kappa shape index (κ2) is 6.47. The summed E-state index contributed by atoms with van der Waals surface area (Å²) in [5, 5.41) is 0.256. The van der Waals surface area contributed by atoms with Gasteiger partial charge in [0.15, 0.2) is 0 Å². The summed E-state index contributed by atoms with van der Waals surface area (Å²) in [6.45, 7) is 4.16. The van der Waals surface area contributed by atoms with Gasteiger partial charge < -0.3 is 4.74 Å². The number of hydrogen-bond acceptors (Lipinski definition) is 4. The molecule has 0 aliphatic heterocycles. The Balaban J connectivity index is 2.89. The zero-order valence-corrected chi connectivity index (χ0v) is 12.1. The van der Waals surface area contributed by atoms with E-state index in [9.17, 15) is 8.42 Å². The lowest BCUT2D eigenvalue weighted by Crippen LogP contribution is -2.41. The lowest BCUT2D eigenvalue weighted by molar-refractivity contribution is 0.157. The number of nitrogens with zero attached hydrogens (tertiary/aromatic N) is 1. The molecule has 0 saturated carbocycles. The summed E-state index contributed by atoms with van der Waals surface area (Å²) in [5.41, 5.74) is 0. The fraction of sp³-hybridized carbons (Fsp3) is 0.545. The molecule has 0 saturated heterocycles. The van der Waals surface area contributed by atoms with Crippen molar-refractivity contribution in [2.45, 2.75) is 24.8 Å². The van der Waals surface area contributed by atoms with Crippen molar-refractivity contribution >= 4 is 21.6 Å². The van der Waals surface area contributed by atoms with Crippen LogP contribution in [-0.4, -0.2) is 33.2 Å². The second-order valence-corrected chi connectivity index (χ2v) is 6.34. The Bertz CT molecular complexity index is 474. The summed E-state index contributed by atoms with van der Waals surface area (Å²) >= 11 is 5.62. The van der Waals surface area contributed by atoms with Crippen molar-refractivity contribution in [1.29, 1.82) is 0 Å². The topological polar surface area (TPSA) is 68.3 Å². The van der Waals surface area contributed by atoms with Gasteiger partial charge in [-0.25, -0.2) is 18.1 Å². The number of rotatable bonds is 6. The normalized spacial score (nSPS) is 13.8. The highest BCUT2D eigenvalue weighted by atomic mass is 35.5. The number of ether oxygens (including phenoxy) is 1. The third-order valence-corrected chi connectivity index (χ3v) is 4.17. The number of pyridine rings is 1. The van der Waals surface area contributed by atoms with Crippen LogP contribution >= 0.6 is 11.6 Å². The van der Waals surface area contributed by atoms with Crippen LogP contribution < -0.4 is 4.72 Å². The summed E-state index contributed by atoms with van der Waals surface area (Å²) in [6.07, 6.45) is 1.23. The van der Waals surface area contributed by atoms with E-state index in [0.29, 0.717) is 6.61 Å². The predicted molar refractivity (Wildman–Crippen MR) is 70.1 cm³/mol. The molecule has 1 aromatic rings. The minimum absolute atomic E-state index is 0.0913. The van der Waals surface area contributed by atoms with E-state index in [1.165, 1.54) is 25.4 Å². The van der Waals surface area contributed by atoms with Gasteiger partial charge in [0.1, 0.15) is 10.0 Å². The van der Waals surface area contributed by atoms with Gasteiger partial charge in [-0.05, 0) is 18.1 Å². The first-order chi connectivity index (χ1) is 8.36. The van der Waals surface area contributed by atoms with Gasteiger partial charge in [0, 0.05) is 19.3 Å². The molecule has 0 radical (unpaired) electrons. The van der Waals surface area contributed by atoms with Crippen LogP contribution in [0, 0.1) is 5.92 Å². The molecule has 0 aliphatic rings. The molecule has 102 valence electrons. The highest BCUT2D eigenvalue weighted by Gasteiger charge is 2.22. The van der Waals surface area contributed by atoms with Gasteiger partial charge in [-0.15, -0.1) is 0 Å². The van der Waals surface area contributed by atoms with E-state index < -0.39 is 10.0 Å². The molecule has 1 aromatic heterocycles. The third-order valence-electron chi connectivity index (χ3n) is 2.47. The fourth-order valence-corrected chi connectivity index (χ4v) is 2.76. The van der Waals surface area contributed by atoms with E-state index in [-0.39, 0.29) is 22.0 Å². The summed E-state index contributed by atoms with van der Waals surface area (Å²) < 4.78 is 31.8. The summed E-state index contributed by atoms with van der Waals surface area (Å²) in [5.74, 6) is 0.125. The molecule has 0 fully saturated rings. The minimum atomic E-state index is -3.59. The van der Waals surface area contributed by atoms with E-state index in [0.717, 1.165) is 0 Å². The van der Waals surface area contributed by atoms with Crippen molar-refractivity contribution in [1.82, 2.24) is 9.71 Å². The van der Waals surface area contributed by atoms with Gasteiger partial charge in [0.25, 0.3) is 0 Å². The highest BCUT2D eigenvalue weighted by Crippen LogP contribution is 2.13. The Morgan fingerprint density at radius 3 is 2.56 bits per heavy atom. The van der Waals surface area contributed by atoms with Crippen molar-refractivity contribution in [3.63, 3.8) is 0 Å². The first-order valence-corrected chi connectivity index (χ1v) is 7.35. The lowest BCUT2D eigenvalue weighted by Gasteiger charge is -2.21. The fourth-order valence-electron chi connectivity index (χ4n) is 1.33. The smallest absolute Gasteiger partial charge is 0.242 e. The maximum atomic E-state index is 12.1. The van der Waals surface area contributed by atoms with Crippen molar-refractivity contribution in [2.75, 3.05) is 13.7 Å². The molecule has 1 unspecified atom stereocenters. The minimum Gasteiger partial charge on any atom is -0.383 e. The molecule has 0 aliphatic carbocycles. The zero-order valence-electron chi connectivity index (χ0n) is 10.6. The Kier molecular flexibility index (Phi) is 5.52. The van der Waals surface area contributed by atoms with Crippen LogP contribution in [0.25, 0.3) is 0 Å². The molecule has 0 amide bonds. The zero-order chi connectivity index (χ0) is 13.8. The molecule has 0 aromatic carbocycles. The molecule has 7 heteroatoms. The van der Waals surface area contributed by atoms with E-state index in [4.69, 9.17) is 16.3 Å². The standard InChI is InChI=1S/C11H17ClN2O3S/c1-8(2)10(7-17-3)14-18(15,16)9-4-5-11(12)13-6-9/h4-6,8,10,14H,7H2,1-3H3. The maximum Gasteiger partial charge on any atom is 0.242 e. The van der Waals surface area contributed by atoms with Gasteiger partial charge in [0.2, 0.25) is 10.0 Å². The SMILES string of the molecule is COCC(NS(=O)(=O)c1ccc(Cl)nc1)C(C)C. The first-order valence-electron chi connectivity index (χ1n) is 5.49. The molecular formula is C11H17ClN2O3S. The van der Waals surface area contributed by atoms with E-state index in [1.807, 2.05) is 13.8 Å². The van der Waals surface area contributed by atoms with E-state index >= 15 is 0 Å². The van der Waals surface area contributed by atoms with Crippen molar-refractivity contribution < 1.29 is 13.2 Å². The number of nitrogens with one attached hydrogen (secondary N) is 1. The average Bonchev–Trinajstić information content (AvgIpc) is 2.28. The van der Waals surface area contributed by atoms with Crippen LogP contribution in [0.15, 0.2) is 23.2 Å². The summed E-state index contributed by atoms with van der Waals surface area (Å²) in [7, 11) is -2.06. The number of sulfonamides is 1. The van der Waals surface area contributed by atoms with Gasteiger partial charge in [-0.1, -0.05) is 25.4 Å². The molecule has 18 heavy (non-hydrogen) atoms. The first kappa shape index (κ1) is 15.4. The average molecular weight is 293 g/mol. The summed E-state index contributed by atoms with van der Waals surface area (Å²) in [4.78, 5) is 3.85. The van der Waals surface area contributed by atoms with Crippen molar-refractivity contribution in [2.24, 2.45) is 5.92 Å². The van der Waals surface area contributed by atoms with Crippen molar-refractivity contribution in [3.8, 4) is 0 Å². The molecule has 0 spiro atoms. The Hall–Kier alpha value is -0.690. The van der Waals surface area contributed by atoms with Gasteiger partial charge in [0.05, 0.1) is 6.61 Å². The molecule has 1 atom stereocenters. The van der Waals surface area contributed by atoms with Crippen molar-refractivity contribution in [3.05, 3.63) is 23.5 Å². The molecular weight excluding hydrogens is 276 g/mol. The van der Waals surface area contributed by atoms with Crippen LogP contribution in [0.4, 0.5) is 0 Å². The van der Waals surface area contributed by atoms with Crippen LogP contribution in [0.1, 0.15) is 13.8 Å². The number of methoxy groups -OCH3 is 1. The van der Waals surface area contributed by atoms with E-state index in [1.54, 1.807) is 0 Å². The second-order valence-electron chi connectivity index (χ2n) is 4.24. The Morgan fingerprint density at radius 2 is 2.11 bits per heavy atom. The van der Waals surface area contributed by atoms with Crippen LogP contribution in [0.2, 0.25) is 5.15 Å². The number of hydrogen-bond donors (Lipinski definition) is 1. The van der Waals surface area contributed by atoms with Crippen LogP contribution in [-0.2, 0) is 14.8 Å². The molecule has 1 N–H and O–H groups in total. The number of halogens is 1. The van der Waals surface area contributed by atoms with Gasteiger partial charge in [-0.3, -0.25) is 0 Å². The predicted octanol–water partition coefficient (Wildman–Crippen LogP) is 1.68. The Labute approximate surface area is 113 Å². The quantitative estimate of drug-likeness (QED) is 0.810. The molecule has 1 rings (SSSR count). The largest absolute Gasteiger partial charge is 0.383 e. The third kappa shape index (κ3) is 4.20. The summed E-state index contributed by atoms with van der Waals surface area (Å²) in [6, 6.07) is 2.58. The van der Waals surface area contributed by atoms with E-state index in [2.05, 4.69) is 9.71 Å². The van der Waals surface area contributed by atoms with Gasteiger partial charge >= 0.3 is 0 Å². The molecule has 5 nitrogen and oxygen atoms in total. The lowest BCUT2D eigenvalue weighted by atomic mass is 10.1. The Morgan fingerprint density at radius 1 is 1.44 bits per heavy atom. The number of aromatic nitrogens is 1. The maximum absolute atomic E-state index is 12.1. The van der Waals surface area contributed by atoms with Gasteiger partial charge in [-0.2, -0.15) is 0 Å².